The normalized spacial score (nSPS) is 13.9. The Morgan fingerprint density at radius 1 is 1.17 bits per heavy atom. The highest BCUT2D eigenvalue weighted by Gasteiger charge is 2.23. The van der Waals surface area contributed by atoms with Crippen molar-refractivity contribution in [2.75, 3.05) is 0 Å². The average Bonchev–Trinajstić information content (AvgIpc) is 3.20. The van der Waals surface area contributed by atoms with Crippen molar-refractivity contribution in [3.63, 3.8) is 0 Å². The predicted octanol–water partition coefficient (Wildman–Crippen LogP) is 4.75. The first kappa shape index (κ1) is 19.5. The number of carbonyl (C=O) groups is 1. The third-order valence-electron chi connectivity index (χ3n) is 5.30. The van der Waals surface area contributed by atoms with Crippen molar-refractivity contribution >= 4 is 28.5 Å². The van der Waals surface area contributed by atoms with Crippen LogP contribution in [0.5, 0.6) is 5.75 Å². The summed E-state index contributed by atoms with van der Waals surface area (Å²) in [4.78, 5) is 24.6. The number of ether oxygens (including phenoxy) is 2. The fraction of sp³-hybridized carbons (Fsp3) is 0.304. The van der Waals surface area contributed by atoms with E-state index in [1.165, 1.54) is 0 Å². The largest absolute Gasteiger partial charge is 0.479 e. The topological polar surface area (TPSA) is 65.7 Å². The van der Waals surface area contributed by atoms with Gasteiger partial charge in [0.05, 0.1) is 0 Å². The number of rotatable bonds is 5. The van der Waals surface area contributed by atoms with Crippen molar-refractivity contribution in [3.8, 4) is 5.75 Å². The summed E-state index contributed by atoms with van der Waals surface area (Å²) < 4.78 is 16.7. The molecule has 0 bridgehead atoms. The Balaban J connectivity index is 1.52. The molecule has 5 nitrogen and oxygen atoms in total. The monoisotopic (exact) mass is 412 g/mol. The number of halogens is 1. The molecule has 0 radical (unpaired) electrons. The Labute approximate surface area is 173 Å². The lowest BCUT2D eigenvalue weighted by Crippen LogP contribution is -2.26. The van der Waals surface area contributed by atoms with Crippen LogP contribution in [0.3, 0.4) is 0 Å². The lowest BCUT2D eigenvalue weighted by molar-refractivity contribution is -0.152. The standard InChI is InChI=1S/C23H21ClO5/c1-13-20(11-10-17-16-7-5-8-18(16)23(26)29-21(13)17)28-14(2)22(25)27-12-15-6-3-4-9-19(15)24/h3-4,6,9-11,14H,5,7-8,12H2,1-2H3/t14-/m0/s1. The molecular weight excluding hydrogens is 392 g/mol. The van der Waals surface area contributed by atoms with E-state index in [1.807, 2.05) is 31.2 Å². The predicted molar refractivity (Wildman–Crippen MR) is 111 cm³/mol. The van der Waals surface area contributed by atoms with E-state index in [1.54, 1.807) is 19.1 Å². The van der Waals surface area contributed by atoms with Crippen LogP contribution in [0.25, 0.3) is 11.0 Å². The molecule has 0 amide bonds. The molecule has 1 atom stereocenters. The summed E-state index contributed by atoms with van der Waals surface area (Å²) >= 11 is 6.09. The lowest BCUT2D eigenvalue weighted by Gasteiger charge is -2.17. The van der Waals surface area contributed by atoms with Gasteiger partial charge >= 0.3 is 11.6 Å². The SMILES string of the molecule is Cc1c(O[C@@H](C)C(=O)OCc2ccccc2Cl)ccc2c3c(c(=O)oc12)CCC3. The van der Waals surface area contributed by atoms with Crippen LogP contribution in [0, 0.1) is 6.92 Å². The third-order valence-corrected chi connectivity index (χ3v) is 5.67. The maximum Gasteiger partial charge on any atom is 0.347 e. The summed E-state index contributed by atoms with van der Waals surface area (Å²) in [6, 6.07) is 10.9. The van der Waals surface area contributed by atoms with E-state index in [0.717, 1.165) is 41.3 Å². The van der Waals surface area contributed by atoms with Crippen LogP contribution < -0.4 is 10.4 Å². The maximum absolute atomic E-state index is 12.4. The van der Waals surface area contributed by atoms with Gasteiger partial charge in [-0.1, -0.05) is 29.8 Å². The van der Waals surface area contributed by atoms with Crippen LogP contribution >= 0.6 is 11.6 Å². The molecule has 1 aliphatic rings. The first-order valence-corrected chi connectivity index (χ1v) is 9.98. The first-order valence-electron chi connectivity index (χ1n) is 9.60. The molecule has 0 N–H and O–H groups in total. The molecule has 4 rings (SSSR count). The number of benzene rings is 2. The lowest BCUT2D eigenvalue weighted by atomic mass is 10.0. The summed E-state index contributed by atoms with van der Waals surface area (Å²) in [5, 5.41) is 1.48. The fourth-order valence-corrected chi connectivity index (χ4v) is 3.90. The van der Waals surface area contributed by atoms with Gasteiger partial charge in [-0.15, -0.1) is 0 Å². The molecule has 1 heterocycles. The molecule has 1 aromatic heterocycles. The number of esters is 1. The Morgan fingerprint density at radius 3 is 2.72 bits per heavy atom. The zero-order valence-corrected chi connectivity index (χ0v) is 17.0. The van der Waals surface area contributed by atoms with Crippen LogP contribution in [0.4, 0.5) is 0 Å². The second-order valence-electron chi connectivity index (χ2n) is 7.22. The fourth-order valence-electron chi connectivity index (χ4n) is 3.71. The molecule has 0 unspecified atom stereocenters. The minimum absolute atomic E-state index is 0.0733. The smallest absolute Gasteiger partial charge is 0.347 e. The zero-order chi connectivity index (χ0) is 20.5. The summed E-state index contributed by atoms with van der Waals surface area (Å²) in [6.07, 6.45) is 1.78. The first-order chi connectivity index (χ1) is 14.0. The summed E-state index contributed by atoms with van der Waals surface area (Å²) in [5.41, 5.74) is 3.51. The van der Waals surface area contributed by atoms with Crippen LogP contribution in [0.2, 0.25) is 5.02 Å². The molecule has 2 aromatic carbocycles. The molecule has 1 aliphatic carbocycles. The van der Waals surface area contributed by atoms with Crippen molar-refractivity contribution in [1.29, 1.82) is 0 Å². The third kappa shape index (κ3) is 3.75. The minimum atomic E-state index is -0.824. The number of hydrogen-bond acceptors (Lipinski definition) is 5. The highest BCUT2D eigenvalue weighted by atomic mass is 35.5. The van der Waals surface area contributed by atoms with Gasteiger partial charge in [-0.3, -0.25) is 0 Å². The van der Waals surface area contributed by atoms with Gasteiger partial charge in [0.15, 0.2) is 6.10 Å². The van der Waals surface area contributed by atoms with Gasteiger partial charge in [0, 0.05) is 27.1 Å². The minimum Gasteiger partial charge on any atom is -0.479 e. The van der Waals surface area contributed by atoms with Gasteiger partial charge in [-0.25, -0.2) is 9.59 Å². The van der Waals surface area contributed by atoms with E-state index in [0.29, 0.717) is 21.9 Å². The second-order valence-corrected chi connectivity index (χ2v) is 7.63. The zero-order valence-electron chi connectivity index (χ0n) is 16.3. The van der Waals surface area contributed by atoms with E-state index in [-0.39, 0.29) is 12.2 Å². The van der Waals surface area contributed by atoms with E-state index in [2.05, 4.69) is 0 Å². The van der Waals surface area contributed by atoms with Gasteiger partial charge in [-0.2, -0.15) is 0 Å². The molecule has 0 saturated heterocycles. The molecule has 0 saturated carbocycles. The summed E-state index contributed by atoms with van der Waals surface area (Å²) in [7, 11) is 0. The van der Waals surface area contributed by atoms with Crippen LogP contribution in [-0.4, -0.2) is 12.1 Å². The number of hydrogen-bond donors (Lipinski definition) is 0. The molecular formula is C23H21ClO5. The maximum atomic E-state index is 12.4. The Kier molecular flexibility index (Phi) is 5.33. The van der Waals surface area contributed by atoms with Gasteiger partial charge in [0.2, 0.25) is 0 Å². The van der Waals surface area contributed by atoms with Crippen molar-refractivity contribution in [2.24, 2.45) is 0 Å². The van der Waals surface area contributed by atoms with E-state index in [4.69, 9.17) is 25.5 Å². The Morgan fingerprint density at radius 2 is 1.93 bits per heavy atom. The Bertz CT molecular complexity index is 1150. The van der Waals surface area contributed by atoms with Crippen LogP contribution in [-0.2, 0) is 29.0 Å². The molecule has 150 valence electrons. The molecule has 0 fully saturated rings. The van der Waals surface area contributed by atoms with E-state index >= 15 is 0 Å². The Hall–Kier alpha value is -2.79. The van der Waals surface area contributed by atoms with Crippen molar-refractivity contribution in [1.82, 2.24) is 0 Å². The van der Waals surface area contributed by atoms with Crippen LogP contribution in [0.15, 0.2) is 45.6 Å². The second kappa shape index (κ2) is 7.91. The molecule has 6 heteroatoms. The molecule has 29 heavy (non-hydrogen) atoms. The van der Waals surface area contributed by atoms with Gasteiger partial charge in [0.1, 0.15) is 17.9 Å². The molecule has 3 aromatic rings. The molecule has 0 aliphatic heterocycles. The van der Waals surface area contributed by atoms with Gasteiger partial charge in [0.25, 0.3) is 0 Å². The number of carbonyl (C=O) groups excluding carboxylic acids is 1. The average molecular weight is 413 g/mol. The van der Waals surface area contributed by atoms with Crippen LogP contribution in [0.1, 0.15) is 35.6 Å². The number of aryl methyl sites for hydroxylation is 2. The number of fused-ring (bicyclic) bond motifs is 3. The van der Waals surface area contributed by atoms with Gasteiger partial charge in [-0.05, 0) is 56.9 Å². The van der Waals surface area contributed by atoms with E-state index < -0.39 is 12.1 Å². The van der Waals surface area contributed by atoms with Gasteiger partial charge < -0.3 is 13.9 Å². The quantitative estimate of drug-likeness (QED) is 0.446. The van der Waals surface area contributed by atoms with Crippen molar-refractivity contribution < 1.29 is 18.7 Å². The summed E-state index contributed by atoms with van der Waals surface area (Å²) in [6.45, 7) is 3.52. The van der Waals surface area contributed by atoms with E-state index in [9.17, 15) is 9.59 Å². The highest BCUT2D eigenvalue weighted by molar-refractivity contribution is 6.31. The van der Waals surface area contributed by atoms with Crippen molar-refractivity contribution in [2.45, 2.75) is 45.8 Å². The van der Waals surface area contributed by atoms with Crippen molar-refractivity contribution in [3.05, 3.63) is 74.1 Å². The summed E-state index contributed by atoms with van der Waals surface area (Å²) in [5.74, 6) is -0.0133. The molecule has 0 spiro atoms. The highest BCUT2D eigenvalue weighted by Crippen LogP contribution is 2.33.